The molecule has 0 saturated carbocycles. The van der Waals surface area contributed by atoms with E-state index in [4.69, 9.17) is 15.5 Å². The molecule has 3 N–H and O–H groups in total. The summed E-state index contributed by atoms with van der Waals surface area (Å²) in [7, 11) is 0. The Balaban J connectivity index is 1.46. The van der Waals surface area contributed by atoms with E-state index in [-0.39, 0.29) is 18.1 Å². The van der Waals surface area contributed by atoms with E-state index in [2.05, 4.69) is 22.3 Å². The molecule has 0 unspecified atom stereocenters. The fourth-order valence-corrected chi connectivity index (χ4v) is 3.91. The van der Waals surface area contributed by atoms with Crippen molar-refractivity contribution in [2.24, 2.45) is 5.73 Å². The average Bonchev–Trinajstić information content (AvgIpc) is 2.78. The maximum Gasteiger partial charge on any atom is 0.146 e. The third-order valence-corrected chi connectivity index (χ3v) is 5.90. The topological polar surface area (TPSA) is 80.5 Å². The summed E-state index contributed by atoms with van der Waals surface area (Å²) in [5, 5.41) is 3.37. The number of ether oxygens (including phenoxy) is 1. The van der Waals surface area contributed by atoms with Crippen molar-refractivity contribution in [1.29, 1.82) is 0 Å². The molecule has 2 aromatic rings. The SMILES string of the molecule is CC(=O)[C@@H](N)CCN(CCCCc1ccc2c(n1)NCCC2)CCOc1cc(F)cc(F)c1. The summed E-state index contributed by atoms with van der Waals surface area (Å²) >= 11 is 0. The number of ketones is 1. The number of hydrogen-bond acceptors (Lipinski definition) is 6. The Kier molecular flexibility index (Phi) is 9.57. The second kappa shape index (κ2) is 12.6. The van der Waals surface area contributed by atoms with Crippen LogP contribution in [-0.2, 0) is 17.6 Å². The van der Waals surface area contributed by atoms with Crippen LogP contribution in [-0.4, -0.2) is 54.5 Å². The minimum Gasteiger partial charge on any atom is -0.492 e. The first-order chi connectivity index (χ1) is 15.9. The number of nitrogens with zero attached hydrogens (tertiary/aromatic N) is 2. The molecule has 8 heteroatoms. The molecule has 1 atom stereocenters. The van der Waals surface area contributed by atoms with E-state index in [0.29, 0.717) is 19.5 Å². The molecule has 180 valence electrons. The number of rotatable bonds is 13. The number of unbranched alkanes of at least 4 members (excludes halogenated alkanes) is 1. The summed E-state index contributed by atoms with van der Waals surface area (Å²) in [6, 6.07) is 6.94. The first-order valence-electron chi connectivity index (χ1n) is 11.7. The van der Waals surface area contributed by atoms with Gasteiger partial charge in [-0.1, -0.05) is 6.07 Å². The van der Waals surface area contributed by atoms with Gasteiger partial charge in [-0.15, -0.1) is 0 Å². The van der Waals surface area contributed by atoms with E-state index >= 15 is 0 Å². The zero-order valence-corrected chi connectivity index (χ0v) is 19.3. The third-order valence-electron chi connectivity index (χ3n) is 5.90. The van der Waals surface area contributed by atoms with Gasteiger partial charge in [0.2, 0.25) is 0 Å². The van der Waals surface area contributed by atoms with Gasteiger partial charge in [-0.3, -0.25) is 9.69 Å². The van der Waals surface area contributed by atoms with Gasteiger partial charge in [-0.05, 0) is 63.6 Å². The fourth-order valence-electron chi connectivity index (χ4n) is 3.91. The van der Waals surface area contributed by atoms with Crippen molar-refractivity contribution < 1.29 is 18.3 Å². The van der Waals surface area contributed by atoms with E-state index in [0.717, 1.165) is 62.8 Å². The van der Waals surface area contributed by atoms with Gasteiger partial charge in [0.25, 0.3) is 0 Å². The number of nitrogens with one attached hydrogen (secondary N) is 1. The van der Waals surface area contributed by atoms with E-state index in [1.807, 2.05) is 0 Å². The molecule has 1 aliphatic rings. The average molecular weight is 461 g/mol. The molecule has 0 fully saturated rings. The standard InChI is InChI=1S/C25H34F2N4O2/c1-18(32)24(28)9-12-31(13-14-33-23-16-20(26)15-21(27)17-23)11-3-2-6-22-8-7-19-5-4-10-29-25(19)30-22/h7-8,15-17,24H,2-6,9-14,28H2,1H3,(H,29,30)/t24-/m0/s1. The molecular formula is C25H34F2N4O2. The number of halogens is 2. The molecule has 0 bridgehead atoms. The first kappa shape index (κ1) is 25.1. The predicted octanol–water partition coefficient (Wildman–Crippen LogP) is 3.73. The number of carbonyl (C=O) groups is 1. The first-order valence-corrected chi connectivity index (χ1v) is 11.7. The van der Waals surface area contributed by atoms with Crippen molar-refractivity contribution in [1.82, 2.24) is 9.88 Å². The highest BCUT2D eigenvalue weighted by Crippen LogP contribution is 2.20. The number of carbonyl (C=O) groups excluding carboxylic acids is 1. The van der Waals surface area contributed by atoms with Gasteiger partial charge in [0, 0.05) is 43.5 Å². The largest absolute Gasteiger partial charge is 0.492 e. The molecule has 3 rings (SSSR count). The molecule has 1 aromatic carbocycles. The van der Waals surface area contributed by atoms with Crippen molar-refractivity contribution in [2.45, 2.75) is 51.5 Å². The van der Waals surface area contributed by atoms with Crippen LogP contribution in [0, 0.1) is 11.6 Å². The predicted molar refractivity (Wildman–Crippen MR) is 126 cm³/mol. The van der Waals surface area contributed by atoms with Gasteiger partial charge in [0.1, 0.15) is 35.6 Å². The van der Waals surface area contributed by atoms with Gasteiger partial charge in [-0.25, -0.2) is 13.8 Å². The number of anilines is 1. The van der Waals surface area contributed by atoms with Crippen LogP contribution in [0.5, 0.6) is 5.75 Å². The Hall–Kier alpha value is -2.58. The lowest BCUT2D eigenvalue weighted by molar-refractivity contribution is -0.118. The van der Waals surface area contributed by atoms with Gasteiger partial charge in [-0.2, -0.15) is 0 Å². The normalized spacial score (nSPS) is 14.0. The highest BCUT2D eigenvalue weighted by molar-refractivity contribution is 5.81. The summed E-state index contributed by atoms with van der Waals surface area (Å²) < 4.78 is 32.2. The monoisotopic (exact) mass is 460 g/mol. The molecule has 0 spiro atoms. The van der Waals surface area contributed by atoms with E-state index in [1.54, 1.807) is 0 Å². The van der Waals surface area contributed by atoms with Crippen LogP contribution < -0.4 is 15.8 Å². The van der Waals surface area contributed by atoms with Gasteiger partial charge in [0.05, 0.1) is 6.04 Å². The second-order valence-electron chi connectivity index (χ2n) is 8.60. The Labute approximate surface area is 194 Å². The van der Waals surface area contributed by atoms with E-state index in [1.165, 1.54) is 24.6 Å². The van der Waals surface area contributed by atoms with Crippen LogP contribution in [0.3, 0.4) is 0 Å². The molecule has 6 nitrogen and oxygen atoms in total. The quantitative estimate of drug-likeness (QED) is 0.444. The van der Waals surface area contributed by atoms with Gasteiger partial charge < -0.3 is 15.8 Å². The lowest BCUT2D eigenvalue weighted by Crippen LogP contribution is -2.36. The lowest BCUT2D eigenvalue weighted by atomic mass is 10.1. The number of fused-ring (bicyclic) bond motifs is 1. The molecule has 1 aromatic heterocycles. The number of aromatic nitrogens is 1. The van der Waals surface area contributed by atoms with Crippen molar-refractivity contribution in [3.8, 4) is 5.75 Å². The third kappa shape index (κ3) is 8.37. The zero-order valence-electron chi connectivity index (χ0n) is 19.3. The van der Waals surface area contributed by atoms with Crippen molar-refractivity contribution in [3.05, 3.63) is 53.2 Å². The highest BCUT2D eigenvalue weighted by Gasteiger charge is 2.13. The minimum absolute atomic E-state index is 0.0338. The van der Waals surface area contributed by atoms with Crippen LogP contribution in [0.15, 0.2) is 30.3 Å². The maximum absolute atomic E-state index is 13.4. The number of nitrogens with two attached hydrogens (primary N) is 1. The summed E-state index contributed by atoms with van der Waals surface area (Å²) in [6.45, 7) is 4.81. The Morgan fingerprint density at radius 2 is 1.97 bits per heavy atom. The van der Waals surface area contributed by atoms with Crippen molar-refractivity contribution in [3.63, 3.8) is 0 Å². The lowest BCUT2D eigenvalue weighted by Gasteiger charge is -2.23. The highest BCUT2D eigenvalue weighted by atomic mass is 19.1. The molecule has 0 aliphatic carbocycles. The van der Waals surface area contributed by atoms with Crippen LogP contribution in [0.25, 0.3) is 0 Å². The summed E-state index contributed by atoms with van der Waals surface area (Å²) in [4.78, 5) is 18.4. The van der Waals surface area contributed by atoms with Gasteiger partial charge in [0.15, 0.2) is 0 Å². The minimum atomic E-state index is -0.666. The van der Waals surface area contributed by atoms with E-state index in [9.17, 15) is 13.6 Å². The van der Waals surface area contributed by atoms with Crippen LogP contribution in [0.4, 0.5) is 14.6 Å². The molecule has 1 aliphatic heterocycles. The van der Waals surface area contributed by atoms with Crippen LogP contribution in [0.1, 0.15) is 43.9 Å². The molecule has 0 radical (unpaired) electrons. The van der Waals surface area contributed by atoms with Crippen molar-refractivity contribution in [2.75, 3.05) is 38.1 Å². The number of hydrogen-bond donors (Lipinski definition) is 2. The Morgan fingerprint density at radius 1 is 1.18 bits per heavy atom. The molecule has 2 heterocycles. The van der Waals surface area contributed by atoms with Crippen molar-refractivity contribution >= 4 is 11.6 Å². The molecule has 0 amide bonds. The summed E-state index contributed by atoms with van der Waals surface area (Å²) in [5.41, 5.74) is 8.28. The van der Waals surface area contributed by atoms with Gasteiger partial charge >= 0.3 is 0 Å². The number of aryl methyl sites for hydroxylation is 2. The number of Topliss-reactive ketones (excluding diaryl/α,β-unsaturated/α-hetero) is 1. The maximum atomic E-state index is 13.4. The van der Waals surface area contributed by atoms with E-state index < -0.39 is 17.7 Å². The number of pyridine rings is 1. The summed E-state index contributed by atoms with van der Waals surface area (Å²) in [5.74, 6) is -0.182. The number of benzene rings is 1. The molecule has 0 saturated heterocycles. The second-order valence-corrected chi connectivity index (χ2v) is 8.60. The molecule has 33 heavy (non-hydrogen) atoms. The zero-order chi connectivity index (χ0) is 23.6. The fraction of sp³-hybridized carbons (Fsp3) is 0.520. The smallest absolute Gasteiger partial charge is 0.146 e. The van der Waals surface area contributed by atoms with Crippen LogP contribution >= 0.6 is 0 Å². The Bertz CT molecular complexity index is 905. The van der Waals surface area contributed by atoms with Crippen LogP contribution in [0.2, 0.25) is 0 Å². The molecular weight excluding hydrogens is 426 g/mol. The summed E-state index contributed by atoms with van der Waals surface area (Å²) in [6.07, 6.45) is 5.62. The Morgan fingerprint density at radius 3 is 2.73 bits per heavy atom.